The summed E-state index contributed by atoms with van der Waals surface area (Å²) in [6.07, 6.45) is 8.01. The van der Waals surface area contributed by atoms with Crippen molar-refractivity contribution in [3.05, 3.63) is 10.6 Å². The second-order valence-corrected chi connectivity index (χ2v) is 6.73. The molecule has 19 heavy (non-hydrogen) atoms. The maximum Gasteiger partial charge on any atom is 0.312 e. The van der Waals surface area contributed by atoms with E-state index in [4.69, 9.17) is 0 Å². The fourth-order valence-corrected chi connectivity index (χ4v) is 4.25. The molecule has 4 nitrogen and oxygen atoms in total. The fourth-order valence-electron chi connectivity index (χ4n) is 3.18. The Kier molecular flexibility index (Phi) is 3.73. The van der Waals surface area contributed by atoms with Crippen molar-refractivity contribution in [1.29, 1.82) is 0 Å². The van der Waals surface area contributed by atoms with Crippen LogP contribution in [0.5, 0.6) is 0 Å². The number of hydrogen-bond acceptors (Lipinski definition) is 4. The van der Waals surface area contributed by atoms with Crippen molar-refractivity contribution in [3.63, 3.8) is 0 Å². The normalized spacial score (nSPS) is 23.3. The van der Waals surface area contributed by atoms with Crippen molar-refractivity contribution < 1.29 is 9.90 Å². The van der Waals surface area contributed by atoms with Crippen LogP contribution in [-0.2, 0) is 11.2 Å². The van der Waals surface area contributed by atoms with Crippen LogP contribution in [0.4, 0.5) is 5.13 Å². The van der Waals surface area contributed by atoms with Gasteiger partial charge < -0.3 is 10.4 Å². The molecule has 1 unspecified atom stereocenters. The van der Waals surface area contributed by atoms with Gasteiger partial charge in [-0.25, -0.2) is 4.98 Å². The summed E-state index contributed by atoms with van der Waals surface area (Å²) >= 11 is 1.65. The van der Waals surface area contributed by atoms with E-state index in [0.717, 1.165) is 42.6 Å². The molecule has 0 aromatic carbocycles. The van der Waals surface area contributed by atoms with E-state index in [1.165, 1.54) is 30.6 Å². The molecule has 2 aliphatic carbocycles. The molecule has 2 aliphatic rings. The molecule has 1 heterocycles. The molecule has 0 saturated heterocycles. The lowest BCUT2D eigenvalue weighted by Gasteiger charge is -2.16. The van der Waals surface area contributed by atoms with Gasteiger partial charge in [0.15, 0.2) is 5.13 Å². The molecule has 1 fully saturated rings. The molecule has 0 amide bonds. The van der Waals surface area contributed by atoms with E-state index in [1.807, 2.05) is 0 Å². The largest absolute Gasteiger partial charge is 0.481 e. The van der Waals surface area contributed by atoms with Gasteiger partial charge in [-0.1, -0.05) is 12.8 Å². The van der Waals surface area contributed by atoms with Crippen molar-refractivity contribution in [2.75, 3.05) is 11.9 Å². The van der Waals surface area contributed by atoms with E-state index in [-0.39, 0.29) is 5.92 Å². The molecule has 1 aromatic rings. The summed E-state index contributed by atoms with van der Waals surface area (Å²) in [5.74, 6) is -0.341. The van der Waals surface area contributed by atoms with Gasteiger partial charge in [-0.3, -0.25) is 4.79 Å². The molecule has 3 rings (SSSR count). The summed E-state index contributed by atoms with van der Waals surface area (Å²) in [5, 5.41) is 13.6. The Morgan fingerprint density at radius 3 is 2.84 bits per heavy atom. The predicted octanol–water partition coefficient (Wildman–Crippen LogP) is 3.25. The van der Waals surface area contributed by atoms with Gasteiger partial charge in [0.1, 0.15) is 5.92 Å². The van der Waals surface area contributed by atoms with Crippen LogP contribution in [0.15, 0.2) is 0 Å². The third-order valence-corrected chi connectivity index (χ3v) is 5.36. The molecule has 2 N–H and O–H groups in total. The van der Waals surface area contributed by atoms with Crippen molar-refractivity contribution in [2.45, 2.75) is 50.9 Å². The van der Waals surface area contributed by atoms with Crippen LogP contribution < -0.4 is 5.32 Å². The molecule has 1 saturated carbocycles. The van der Waals surface area contributed by atoms with Crippen molar-refractivity contribution in [3.8, 4) is 0 Å². The van der Waals surface area contributed by atoms with E-state index < -0.39 is 5.97 Å². The number of carboxylic acid groups (broad SMARTS) is 1. The first-order chi connectivity index (χ1) is 9.24. The van der Waals surface area contributed by atoms with Crippen LogP contribution in [0.1, 0.15) is 55.0 Å². The summed E-state index contributed by atoms with van der Waals surface area (Å²) < 4.78 is 0. The summed E-state index contributed by atoms with van der Waals surface area (Å²) in [6.45, 7) is 0.990. The highest BCUT2D eigenvalue weighted by Crippen LogP contribution is 2.37. The van der Waals surface area contributed by atoms with Crippen LogP contribution in [0.2, 0.25) is 0 Å². The number of fused-ring (bicyclic) bond motifs is 1. The molecular formula is C14H20N2O2S. The second kappa shape index (κ2) is 5.49. The lowest BCUT2D eigenvalue weighted by atomic mass is 9.91. The van der Waals surface area contributed by atoms with E-state index in [9.17, 15) is 9.90 Å². The van der Waals surface area contributed by atoms with Crippen LogP contribution in [-0.4, -0.2) is 22.6 Å². The molecule has 0 bridgehead atoms. The van der Waals surface area contributed by atoms with Gasteiger partial charge in [-0.05, 0) is 38.0 Å². The number of nitrogens with one attached hydrogen (secondary N) is 1. The number of anilines is 1. The molecule has 0 spiro atoms. The van der Waals surface area contributed by atoms with E-state index in [0.29, 0.717) is 0 Å². The third kappa shape index (κ3) is 2.76. The summed E-state index contributed by atoms with van der Waals surface area (Å²) in [5.41, 5.74) is 0.817. The molecule has 1 aromatic heterocycles. The lowest BCUT2D eigenvalue weighted by Crippen LogP contribution is -2.17. The van der Waals surface area contributed by atoms with Crippen LogP contribution >= 0.6 is 11.3 Å². The minimum atomic E-state index is -0.728. The first kappa shape index (κ1) is 12.9. The quantitative estimate of drug-likeness (QED) is 0.888. The van der Waals surface area contributed by atoms with Gasteiger partial charge in [-0.15, -0.1) is 11.3 Å². The zero-order chi connectivity index (χ0) is 13.2. The van der Waals surface area contributed by atoms with Gasteiger partial charge in [0.2, 0.25) is 0 Å². The number of rotatable bonds is 4. The Morgan fingerprint density at radius 2 is 2.11 bits per heavy atom. The fraction of sp³-hybridized carbons (Fsp3) is 0.714. The number of carbonyl (C=O) groups is 1. The number of nitrogens with zero attached hydrogens (tertiary/aromatic N) is 1. The maximum atomic E-state index is 11.2. The average Bonchev–Trinajstić information content (AvgIpc) is 3.04. The zero-order valence-electron chi connectivity index (χ0n) is 11.0. The van der Waals surface area contributed by atoms with E-state index in [2.05, 4.69) is 10.3 Å². The Labute approximate surface area is 117 Å². The number of carboxylic acids is 1. The molecule has 0 radical (unpaired) electrons. The summed E-state index contributed by atoms with van der Waals surface area (Å²) in [6, 6.07) is 0. The monoisotopic (exact) mass is 280 g/mol. The van der Waals surface area contributed by atoms with Gasteiger partial charge in [0, 0.05) is 11.4 Å². The van der Waals surface area contributed by atoms with Gasteiger partial charge >= 0.3 is 5.97 Å². The predicted molar refractivity (Wildman–Crippen MR) is 75.9 cm³/mol. The maximum absolute atomic E-state index is 11.2. The molecular weight excluding hydrogens is 260 g/mol. The van der Waals surface area contributed by atoms with Gasteiger partial charge in [0.05, 0.1) is 5.69 Å². The van der Waals surface area contributed by atoms with Crippen molar-refractivity contribution >= 4 is 22.4 Å². The summed E-state index contributed by atoms with van der Waals surface area (Å²) in [7, 11) is 0. The van der Waals surface area contributed by atoms with Gasteiger partial charge in [0.25, 0.3) is 0 Å². The number of aromatic nitrogens is 1. The lowest BCUT2D eigenvalue weighted by molar-refractivity contribution is -0.139. The first-order valence-electron chi connectivity index (χ1n) is 7.20. The number of hydrogen-bond donors (Lipinski definition) is 2. The average molecular weight is 280 g/mol. The molecule has 1 atom stereocenters. The highest BCUT2D eigenvalue weighted by atomic mass is 32.1. The van der Waals surface area contributed by atoms with E-state index >= 15 is 0 Å². The third-order valence-electron chi connectivity index (χ3n) is 4.27. The SMILES string of the molecule is O=C(O)C1CCCc2sc(NCC3CCCC3)nc21. The summed E-state index contributed by atoms with van der Waals surface area (Å²) in [4.78, 5) is 17.0. The molecule has 104 valence electrons. The Morgan fingerprint density at radius 1 is 1.32 bits per heavy atom. The first-order valence-corrected chi connectivity index (χ1v) is 8.02. The topological polar surface area (TPSA) is 62.2 Å². The molecule has 0 aliphatic heterocycles. The Balaban J connectivity index is 1.68. The van der Waals surface area contributed by atoms with Gasteiger partial charge in [-0.2, -0.15) is 0 Å². The highest BCUT2D eigenvalue weighted by molar-refractivity contribution is 7.15. The van der Waals surface area contributed by atoms with Crippen molar-refractivity contribution in [1.82, 2.24) is 4.98 Å². The smallest absolute Gasteiger partial charge is 0.312 e. The Bertz CT molecular complexity index is 466. The van der Waals surface area contributed by atoms with Crippen LogP contribution in [0.3, 0.4) is 0 Å². The number of aryl methyl sites for hydroxylation is 1. The van der Waals surface area contributed by atoms with E-state index in [1.54, 1.807) is 11.3 Å². The zero-order valence-corrected chi connectivity index (χ0v) is 11.8. The van der Waals surface area contributed by atoms with Crippen molar-refractivity contribution in [2.24, 2.45) is 5.92 Å². The standard InChI is InChI=1S/C14H20N2O2S/c17-13(18)10-6-3-7-11-12(10)16-14(19-11)15-8-9-4-1-2-5-9/h9-10H,1-8H2,(H,15,16)(H,17,18). The minimum absolute atomic E-state index is 0.387. The second-order valence-electron chi connectivity index (χ2n) is 5.64. The Hall–Kier alpha value is -1.10. The number of thiazole rings is 1. The molecule has 5 heteroatoms. The number of aliphatic carboxylic acids is 1. The van der Waals surface area contributed by atoms with Crippen LogP contribution in [0, 0.1) is 5.92 Å². The van der Waals surface area contributed by atoms with Crippen LogP contribution in [0.25, 0.3) is 0 Å². The highest BCUT2D eigenvalue weighted by Gasteiger charge is 2.30. The minimum Gasteiger partial charge on any atom is -0.481 e.